The lowest BCUT2D eigenvalue weighted by Crippen LogP contribution is -2.25. The van der Waals surface area contributed by atoms with Gasteiger partial charge in [0.1, 0.15) is 0 Å². The number of benzene rings is 2. The zero-order chi connectivity index (χ0) is 21.1. The van der Waals surface area contributed by atoms with Gasteiger partial charge in [0.2, 0.25) is 0 Å². The van der Waals surface area contributed by atoms with Gasteiger partial charge in [-0.3, -0.25) is 4.79 Å². The lowest BCUT2D eigenvalue weighted by atomic mass is 9.89. The first kappa shape index (κ1) is 22.7. The van der Waals surface area contributed by atoms with Gasteiger partial charge in [0.05, 0.1) is 0 Å². The molecule has 156 valence electrons. The summed E-state index contributed by atoms with van der Waals surface area (Å²) in [6, 6.07) is 16.9. The number of amides is 1. The van der Waals surface area contributed by atoms with E-state index in [-0.39, 0.29) is 11.8 Å². The Balaban J connectivity index is 0.00000145. The molecular formula is C26H36N2O. The fraction of sp³-hybridized carbons (Fsp3) is 0.423. The quantitative estimate of drug-likeness (QED) is 0.632. The van der Waals surface area contributed by atoms with E-state index in [4.69, 9.17) is 0 Å². The Morgan fingerprint density at radius 2 is 1.45 bits per heavy atom. The maximum atomic E-state index is 12.2. The molecule has 0 aliphatic carbocycles. The van der Waals surface area contributed by atoms with E-state index < -0.39 is 0 Å². The van der Waals surface area contributed by atoms with Crippen molar-refractivity contribution in [2.75, 3.05) is 25.0 Å². The summed E-state index contributed by atoms with van der Waals surface area (Å²) in [6.45, 7) is 10.5. The van der Waals surface area contributed by atoms with Crippen molar-refractivity contribution in [3.63, 3.8) is 0 Å². The highest BCUT2D eigenvalue weighted by Gasteiger charge is 2.17. The Morgan fingerprint density at radius 3 is 2.03 bits per heavy atom. The van der Waals surface area contributed by atoms with E-state index in [0.717, 1.165) is 24.2 Å². The van der Waals surface area contributed by atoms with Crippen LogP contribution in [0.3, 0.4) is 0 Å². The summed E-state index contributed by atoms with van der Waals surface area (Å²) < 4.78 is 0. The molecule has 2 aromatic carbocycles. The molecule has 3 nitrogen and oxygen atoms in total. The van der Waals surface area contributed by atoms with Gasteiger partial charge in [-0.15, -0.1) is 13.2 Å². The minimum absolute atomic E-state index is 0.0224. The zero-order valence-electron chi connectivity index (χ0n) is 18.1. The topological polar surface area (TPSA) is 32.3 Å². The van der Waals surface area contributed by atoms with Crippen LogP contribution in [0.25, 0.3) is 0 Å². The maximum absolute atomic E-state index is 12.2. The second kappa shape index (κ2) is 12.1. The van der Waals surface area contributed by atoms with Crippen LogP contribution in [0, 0.1) is 0 Å². The molecule has 1 fully saturated rings. The van der Waals surface area contributed by atoms with E-state index in [9.17, 15) is 4.79 Å². The van der Waals surface area contributed by atoms with Gasteiger partial charge in [-0.2, -0.15) is 0 Å². The number of carbonyl (C=O) groups excluding carboxylic acids is 1. The second-order valence-corrected chi connectivity index (χ2v) is 7.59. The van der Waals surface area contributed by atoms with Gasteiger partial charge in [0.25, 0.3) is 5.91 Å². The van der Waals surface area contributed by atoms with E-state index in [1.165, 1.54) is 49.8 Å². The molecular weight excluding hydrogens is 356 g/mol. The summed E-state index contributed by atoms with van der Waals surface area (Å²) in [5.74, 6) is 0.161. The highest BCUT2D eigenvalue weighted by molar-refractivity contribution is 5.95. The first-order valence-electron chi connectivity index (χ1n) is 10.9. The van der Waals surface area contributed by atoms with Crippen molar-refractivity contribution in [1.82, 2.24) is 5.32 Å². The molecule has 29 heavy (non-hydrogen) atoms. The third-order valence-corrected chi connectivity index (χ3v) is 5.76. The molecule has 3 rings (SSSR count). The maximum Gasteiger partial charge on any atom is 0.251 e. The predicted molar refractivity (Wildman–Crippen MR) is 125 cm³/mol. The average Bonchev–Trinajstić information content (AvgIpc) is 2.93. The first-order valence-corrected chi connectivity index (χ1v) is 10.9. The van der Waals surface area contributed by atoms with Crippen molar-refractivity contribution in [3.05, 3.63) is 78.4 Å². The Hall–Kier alpha value is -2.55. The molecule has 1 aliphatic heterocycles. The van der Waals surface area contributed by atoms with Gasteiger partial charge in [-0.25, -0.2) is 0 Å². The van der Waals surface area contributed by atoms with Crippen LogP contribution in [0.2, 0.25) is 0 Å². The summed E-state index contributed by atoms with van der Waals surface area (Å²) in [7, 11) is 1.68. The molecule has 1 aliphatic rings. The number of nitrogens with zero attached hydrogens (tertiary/aromatic N) is 1. The van der Waals surface area contributed by atoms with Crippen LogP contribution in [-0.4, -0.2) is 26.0 Å². The summed E-state index contributed by atoms with van der Waals surface area (Å²) in [6.07, 6.45) is 8.04. The van der Waals surface area contributed by atoms with Crippen LogP contribution < -0.4 is 10.2 Å². The SMILES string of the molecule is C=C.CNC(=O)c1ccccc1C(C)c1ccc(N2CCCCCCCC2)cc1. The lowest BCUT2D eigenvalue weighted by molar-refractivity contribution is 0.0962. The standard InChI is InChI=1S/C24H32N2O.C2H4/c1-19(22-11-7-8-12-23(22)24(27)25-2)20-13-15-21(16-14-20)26-17-9-5-3-4-6-10-18-26;1-2/h7-8,11-16,19H,3-6,9-10,17-18H2,1-2H3,(H,25,27);1-2H2. The summed E-state index contributed by atoms with van der Waals surface area (Å²) in [5.41, 5.74) is 4.41. The van der Waals surface area contributed by atoms with Crippen LogP contribution in [0.15, 0.2) is 61.7 Å². The predicted octanol–water partition coefficient (Wildman–Crippen LogP) is 6.16. The molecule has 0 aromatic heterocycles. The molecule has 0 radical (unpaired) electrons. The molecule has 2 aromatic rings. The highest BCUT2D eigenvalue weighted by atomic mass is 16.1. The van der Waals surface area contributed by atoms with Gasteiger partial charge in [-0.1, -0.05) is 62.9 Å². The minimum atomic E-state index is -0.0224. The fourth-order valence-electron chi connectivity index (χ4n) is 4.05. The molecule has 1 unspecified atom stereocenters. The van der Waals surface area contributed by atoms with Gasteiger partial charge < -0.3 is 10.2 Å². The third kappa shape index (κ3) is 6.22. The van der Waals surface area contributed by atoms with Gasteiger partial charge in [0, 0.05) is 37.3 Å². The normalized spacial score (nSPS) is 15.7. The highest BCUT2D eigenvalue weighted by Crippen LogP contribution is 2.29. The molecule has 0 spiro atoms. The number of hydrogen-bond donors (Lipinski definition) is 1. The Morgan fingerprint density at radius 1 is 0.897 bits per heavy atom. The van der Waals surface area contributed by atoms with Crippen LogP contribution in [-0.2, 0) is 0 Å². The van der Waals surface area contributed by atoms with Gasteiger partial charge in [0.15, 0.2) is 0 Å². The molecule has 3 heteroatoms. The molecule has 1 N–H and O–H groups in total. The Kier molecular flexibility index (Phi) is 9.49. The molecule has 1 amide bonds. The van der Waals surface area contributed by atoms with Crippen molar-refractivity contribution in [3.8, 4) is 0 Å². The number of hydrogen-bond acceptors (Lipinski definition) is 2. The van der Waals surface area contributed by atoms with E-state index >= 15 is 0 Å². The molecule has 1 saturated heterocycles. The van der Waals surface area contributed by atoms with Crippen LogP contribution >= 0.6 is 0 Å². The summed E-state index contributed by atoms with van der Waals surface area (Å²) in [5, 5.41) is 2.75. The largest absolute Gasteiger partial charge is 0.372 e. The van der Waals surface area contributed by atoms with E-state index in [0.29, 0.717) is 0 Å². The van der Waals surface area contributed by atoms with E-state index in [2.05, 4.69) is 60.6 Å². The molecule has 1 heterocycles. The zero-order valence-corrected chi connectivity index (χ0v) is 18.1. The monoisotopic (exact) mass is 392 g/mol. The van der Waals surface area contributed by atoms with Crippen molar-refractivity contribution in [1.29, 1.82) is 0 Å². The van der Waals surface area contributed by atoms with Crippen molar-refractivity contribution >= 4 is 11.6 Å². The van der Waals surface area contributed by atoms with Gasteiger partial charge in [-0.05, 0) is 42.2 Å². The Labute approximate surface area is 176 Å². The third-order valence-electron chi connectivity index (χ3n) is 5.76. The molecule has 0 bridgehead atoms. The number of anilines is 1. The number of nitrogens with one attached hydrogen (secondary N) is 1. The van der Waals surface area contributed by atoms with Crippen LogP contribution in [0.4, 0.5) is 5.69 Å². The first-order chi connectivity index (χ1) is 14.2. The van der Waals surface area contributed by atoms with Crippen LogP contribution in [0.5, 0.6) is 0 Å². The Bertz CT molecular complexity index is 744. The second-order valence-electron chi connectivity index (χ2n) is 7.59. The van der Waals surface area contributed by atoms with Crippen molar-refractivity contribution in [2.24, 2.45) is 0 Å². The minimum Gasteiger partial charge on any atom is -0.372 e. The van der Waals surface area contributed by atoms with E-state index in [1.807, 2.05) is 18.2 Å². The average molecular weight is 393 g/mol. The van der Waals surface area contributed by atoms with Gasteiger partial charge >= 0.3 is 0 Å². The molecule has 0 saturated carbocycles. The van der Waals surface area contributed by atoms with Crippen molar-refractivity contribution in [2.45, 2.75) is 51.4 Å². The van der Waals surface area contributed by atoms with Crippen molar-refractivity contribution < 1.29 is 4.79 Å². The molecule has 1 atom stereocenters. The number of carbonyl (C=O) groups is 1. The summed E-state index contributed by atoms with van der Waals surface area (Å²) >= 11 is 0. The summed E-state index contributed by atoms with van der Waals surface area (Å²) in [4.78, 5) is 14.7. The smallest absolute Gasteiger partial charge is 0.251 e. The lowest BCUT2D eigenvalue weighted by Gasteiger charge is -2.25. The number of rotatable bonds is 4. The van der Waals surface area contributed by atoms with Crippen LogP contribution in [0.1, 0.15) is 72.9 Å². The fourth-order valence-corrected chi connectivity index (χ4v) is 4.05. The van der Waals surface area contributed by atoms with E-state index in [1.54, 1.807) is 7.05 Å².